The molecule has 0 bridgehead atoms. The standard InChI is InChI=1S/C15H16N4O2/c1-9-4-5-12(14(6-9)19-20)17-18-13-8-15(21-3)11(16)7-10(13)2/h4-8H,16H2,1-3H3/b18-17+. The van der Waals surface area contributed by atoms with Crippen LogP contribution in [0.2, 0.25) is 0 Å². The lowest BCUT2D eigenvalue weighted by Crippen LogP contribution is -1.92. The van der Waals surface area contributed by atoms with E-state index in [0.29, 0.717) is 22.8 Å². The molecule has 21 heavy (non-hydrogen) atoms. The van der Waals surface area contributed by atoms with Gasteiger partial charge < -0.3 is 10.5 Å². The molecule has 0 aromatic heterocycles. The molecule has 2 aromatic rings. The minimum absolute atomic E-state index is 0.263. The zero-order chi connectivity index (χ0) is 15.4. The lowest BCUT2D eigenvalue weighted by atomic mass is 10.1. The van der Waals surface area contributed by atoms with E-state index in [0.717, 1.165) is 11.1 Å². The molecule has 0 aliphatic heterocycles. The van der Waals surface area contributed by atoms with Crippen molar-refractivity contribution in [2.75, 3.05) is 12.8 Å². The lowest BCUT2D eigenvalue weighted by Gasteiger charge is -2.07. The first kappa shape index (κ1) is 14.6. The summed E-state index contributed by atoms with van der Waals surface area (Å²) < 4.78 is 5.16. The molecule has 0 aliphatic carbocycles. The molecular formula is C15H16N4O2. The molecule has 0 radical (unpaired) electrons. The van der Waals surface area contributed by atoms with Crippen molar-refractivity contribution in [3.63, 3.8) is 0 Å². The van der Waals surface area contributed by atoms with Gasteiger partial charge in [-0.2, -0.15) is 5.11 Å². The molecule has 0 aliphatic rings. The monoisotopic (exact) mass is 284 g/mol. The number of aryl methyl sites for hydroxylation is 2. The van der Waals surface area contributed by atoms with Crippen LogP contribution < -0.4 is 10.5 Å². The van der Waals surface area contributed by atoms with Gasteiger partial charge in [-0.25, -0.2) is 0 Å². The van der Waals surface area contributed by atoms with Crippen molar-refractivity contribution in [3.05, 3.63) is 46.4 Å². The van der Waals surface area contributed by atoms with E-state index in [1.54, 1.807) is 24.3 Å². The van der Waals surface area contributed by atoms with E-state index in [4.69, 9.17) is 10.5 Å². The number of hydrogen-bond acceptors (Lipinski definition) is 6. The van der Waals surface area contributed by atoms with Crippen LogP contribution in [0.15, 0.2) is 45.7 Å². The molecule has 0 saturated carbocycles. The van der Waals surface area contributed by atoms with Gasteiger partial charge in [0.05, 0.1) is 18.5 Å². The van der Waals surface area contributed by atoms with Crippen LogP contribution in [0.3, 0.4) is 0 Å². The Morgan fingerprint density at radius 2 is 1.71 bits per heavy atom. The number of ether oxygens (including phenoxy) is 1. The third-order valence-corrected chi connectivity index (χ3v) is 3.04. The van der Waals surface area contributed by atoms with Crippen LogP contribution in [-0.4, -0.2) is 7.11 Å². The van der Waals surface area contributed by atoms with E-state index in [1.165, 1.54) is 7.11 Å². The first-order valence-electron chi connectivity index (χ1n) is 6.35. The molecule has 108 valence electrons. The highest BCUT2D eigenvalue weighted by Gasteiger charge is 2.06. The Kier molecular flexibility index (Phi) is 4.27. The molecule has 0 unspecified atom stereocenters. The van der Waals surface area contributed by atoms with Crippen LogP contribution >= 0.6 is 0 Å². The number of nitrogens with two attached hydrogens (primary N) is 1. The third-order valence-electron chi connectivity index (χ3n) is 3.04. The quantitative estimate of drug-likeness (QED) is 0.501. The van der Waals surface area contributed by atoms with Crippen LogP contribution in [0, 0.1) is 18.8 Å². The molecule has 0 heterocycles. The molecule has 2 rings (SSSR count). The third kappa shape index (κ3) is 3.22. The Morgan fingerprint density at radius 3 is 2.38 bits per heavy atom. The summed E-state index contributed by atoms with van der Waals surface area (Å²) in [6.45, 7) is 3.75. The Bertz CT molecular complexity index is 711. The maximum Gasteiger partial charge on any atom is 0.143 e. The molecule has 2 aromatic carbocycles. The number of hydrogen-bond donors (Lipinski definition) is 1. The van der Waals surface area contributed by atoms with Crippen molar-refractivity contribution in [2.24, 2.45) is 15.4 Å². The molecule has 6 nitrogen and oxygen atoms in total. The van der Waals surface area contributed by atoms with Gasteiger partial charge in [0, 0.05) is 6.07 Å². The van der Waals surface area contributed by atoms with E-state index < -0.39 is 0 Å². The molecule has 6 heteroatoms. The van der Waals surface area contributed by atoms with Crippen molar-refractivity contribution in [3.8, 4) is 5.75 Å². The van der Waals surface area contributed by atoms with Gasteiger partial charge in [-0.1, -0.05) is 6.07 Å². The van der Waals surface area contributed by atoms with Crippen LogP contribution in [0.5, 0.6) is 5.75 Å². The van der Waals surface area contributed by atoms with Crippen LogP contribution in [-0.2, 0) is 0 Å². The Morgan fingerprint density at radius 1 is 1.00 bits per heavy atom. The average molecular weight is 284 g/mol. The number of nitrogens with zero attached hydrogens (tertiary/aromatic N) is 3. The number of nitroso groups, excluding NO2 is 1. The van der Waals surface area contributed by atoms with Gasteiger partial charge in [0.1, 0.15) is 17.1 Å². The van der Waals surface area contributed by atoms with Crippen molar-refractivity contribution in [2.45, 2.75) is 13.8 Å². The molecule has 0 spiro atoms. The maximum atomic E-state index is 10.8. The number of nitrogen functional groups attached to an aromatic ring is 1. The summed E-state index contributed by atoms with van der Waals surface area (Å²) in [5, 5.41) is 11.2. The van der Waals surface area contributed by atoms with Crippen LogP contribution in [0.4, 0.5) is 22.7 Å². The smallest absolute Gasteiger partial charge is 0.143 e. The summed E-state index contributed by atoms with van der Waals surface area (Å²) in [6, 6.07) is 8.69. The van der Waals surface area contributed by atoms with Crippen molar-refractivity contribution >= 4 is 22.7 Å². The molecule has 0 amide bonds. The first-order valence-corrected chi connectivity index (χ1v) is 6.35. The second kappa shape index (κ2) is 6.13. The summed E-state index contributed by atoms with van der Waals surface area (Å²) in [5.74, 6) is 0.534. The molecule has 2 N–H and O–H groups in total. The van der Waals surface area contributed by atoms with Gasteiger partial charge in [0.2, 0.25) is 0 Å². The predicted molar refractivity (Wildman–Crippen MR) is 83.0 cm³/mol. The SMILES string of the molecule is COc1cc(/N=N/c2ccc(C)cc2N=O)c(C)cc1N. The number of methoxy groups -OCH3 is 1. The van der Waals surface area contributed by atoms with Crippen LogP contribution in [0.25, 0.3) is 0 Å². The Labute approximate surface area is 122 Å². The number of anilines is 1. The summed E-state index contributed by atoms with van der Waals surface area (Å²) >= 11 is 0. The Balaban J connectivity index is 2.40. The number of benzene rings is 2. The van der Waals surface area contributed by atoms with E-state index >= 15 is 0 Å². The normalized spacial score (nSPS) is 10.8. The molecule has 0 atom stereocenters. The molecule has 0 saturated heterocycles. The summed E-state index contributed by atoms with van der Waals surface area (Å²) in [7, 11) is 1.54. The summed E-state index contributed by atoms with van der Waals surface area (Å²) in [5.41, 5.74) is 9.47. The minimum Gasteiger partial charge on any atom is -0.495 e. The van der Waals surface area contributed by atoms with E-state index in [9.17, 15) is 4.91 Å². The van der Waals surface area contributed by atoms with Crippen LogP contribution in [0.1, 0.15) is 11.1 Å². The summed E-state index contributed by atoms with van der Waals surface area (Å²) in [6.07, 6.45) is 0. The van der Waals surface area contributed by atoms with E-state index in [-0.39, 0.29) is 5.69 Å². The fraction of sp³-hybridized carbons (Fsp3) is 0.200. The zero-order valence-corrected chi connectivity index (χ0v) is 12.1. The second-order valence-electron chi connectivity index (χ2n) is 4.66. The largest absolute Gasteiger partial charge is 0.495 e. The zero-order valence-electron chi connectivity index (χ0n) is 12.1. The number of rotatable bonds is 4. The van der Waals surface area contributed by atoms with Gasteiger partial charge in [-0.15, -0.1) is 10.0 Å². The van der Waals surface area contributed by atoms with Gasteiger partial charge >= 0.3 is 0 Å². The van der Waals surface area contributed by atoms with Crippen molar-refractivity contribution in [1.29, 1.82) is 0 Å². The van der Waals surface area contributed by atoms with E-state index in [2.05, 4.69) is 15.4 Å². The lowest BCUT2D eigenvalue weighted by molar-refractivity contribution is 0.417. The second-order valence-corrected chi connectivity index (χ2v) is 4.66. The average Bonchev–Trinajstić information content (AvgIpc) is 2.47. The van der Waals surface area contributed by atoms with Gasteiger partial charge in [-0.3, -0.25) is 0 Å². The highest BCUT2D eigenvalue weighted by Crippen LogP contribution is 2.34. The molecule has 0 fully saturated rings. The van der Waals surface area contributed by atoms with Gasteiger partial charge in [0.25, 0.3) is 0 Å². The number of azo groups is 1. The first-order chi connectivity index (χ1) is 10.0. The fourth-order valence-electron chi connectivity index (χ4n) is 1.88. The van der Waals surface area contributed by atoms with Gasteiger partial charge in [-0.05, 0) is 48.4 Å². The fourth-order valence-corrected chi connectivity index (χ4v) is 1.88. The molecular weight excluding hydrogens is 268 g/mol. The highest BCUT2D eigenvalue weighted by molar-refractivity contribution is 5.65. The highest BCUT2D eigenvalue weighted by atomic mass is 16.5. The minimum atomic E-state index is 0.263. The predicted octanol–water partition coefficient (Wildman–Crippen LogP) is 4.71. The van der Waals surface area contributed by atoms with Crippen molar-refractivity contribution in [1.82, 2.24) is 0 Å². The maximum absolute atomic E-state index is 10.8. The Hall–Kier alpha value is -2.76. The summed E-state index contributed by atoms with van der Waals surface area (Å²) in [4.78, 5) is 10.8. The topological polar surface area (TPSA) is 89.4 Å². The van der Waals surface area contributed by atoms with E-state index in [1.807, 2.05) is 19.9 Å². The van der Waals surface area contributed by atoms with Gasteiger partial charge in [0.15, 0.2) is 0 Å². The van der Waals surface area contributed by atoms with Crippen molar-refractivity contribution < 1.29 is 4.74 Å².